The Morgan fingerprint density at radius 1 is 1.13 bits per heavy atom. The molecule has 3 N–H and O–H groups in total. The molecule has 9 nitrogen and oxygen atoms in total. The predicted molar refractivity (Wildman–Crippen MR) is 113 cm³/mol. The summed E-state index contributed by atoms with van der Waals surface area (Å²) < 4.78 is 12.0. The molecule has 2 aromatic carbocycles. The summed E-state index contributed by atoms with van der Waals surface area (Å²) in [5.74, 6) is 0.353. The number of para-hydroxylation sites is 1. The highest BCUT2D eigenvalue weighted by molar-refractivity contribution is 8.00. The minimum atomic E-state index is -0.948. The molecule has 1 heterocycles. The van der Waals surface area contributed by atoms with Crippen molar-refractivity contribution in [3.05, 3.63) is 52.8 Å². The molecule has 3 rings (SSSR count). The summed E-state index contributed by atoms with van der Waals surface area (Å²) >= 11 is 1.03. The van der Waals surface area contributed by atoms with E-state index in [9.17, 15) is 14.4 Å². The molecule has 3 aromatic rings. The van der Waals surface area contributed by atoms with E-state index in [0.29, 0.717) is 28.1 Å². The number of amides is 3. The largest absolute Gasteiger partial charge is 0.493 e. The van der Waals surface area contributed by atoms with Crippen LogP contribution in [0.5, 0.6) is 11.5 Å². The molecule has 1 aromatic heterocycles. The van der Waals surface area contributed by atoms with Gasteiger partial charge in [-0.25, -0.2) is 9.78 Å². The maximum atomic E-state index is 13.3. The summed E-state index contributed by atoms with van der Waals surface area (Å²) in [6, 6.07) is 11.0. The molecular formula is C20H20N4O5S. The fraction of sp³-hybridized carbons (Fsp3) is 0.200. The number of nitrogens with zero attached hydrogens (tertiary/aromatic N) is 2. The number of methoxy groups -OCH3 is 2. The fourth-order valence-electron chi connectivity index (χ4n) is 2.82. The standard InChI is InChI=1S/C20H20N4O5S/c1-11(17(25)23-19(21)27)30-20-22-14-7-5-4-6-13(14)18(26)24(20)12-8-9-15(28-2)16(10-12)29-3/h4-11H,1-3H3,(H3,21,23,25,27)/t11-/m1/s1. The zero-order valence-corrected chi connectivity index (χ0v) is 17.4. The third-order valence-corrected chi connectivity index (χ3v) is 5.32. The molecule has 0 saturated heterocycles. The van der Waals surface area contributed by atoms with Gasteiger partial charge in [0.2, 0.25) is 5.91 Å². The van der Waals surface area contributed by atoms with Crippen LogP contribution in [0.3, 0.4) is 0 Å². The SMILES string of the molecule is COc1ccc(-n2c(S[C@H](C)C(=O)NC(N)=O)nc3ccccc3c2=O)cc1OC. The smallest absolute Gasteiger partial charge is 0.318 e. The number of thioether (sulfide) groups is 1. The van der Waals surface area contributed by atoms with Crippen molar-refractivity contribution in [1.82, 2.24) is 14.9 Å². The first-order valence-electron chi connectivity index (χ1n) is 8.87. The Morgan fingerprint density at radius 2 is 1.83 bits per heavy atom. The van der Waals surface area contributed by atoms with Gasteiger partial charge >= 0.3 is 6.03 Å². The minimum absolute atomic E-state index is 0.276. The van der Waals surface area contributed by atoms with Crippen molar-refractivity contribution in [2.24, 2.45) is 5.73 Å². The van der Waals surface area contributed by atoms with Gasteiger partial charge in [-0.05, 0) is 31.2 Å². The molecule has 156 valence electrons. The molecule has 3 amide bonds. The van der Waals surface area contributed by atoms with Crippen LogP contribution >= 0.6 is 11.8 Å². The maximum absolute atomic E-state index is 13.3. The number of carbonyl (C=O) groups excluding carboxylic acids is 2. The lowest BCUT2D eigenvalue weighted by molar-refractivity contribution is -0.119. The van der Waals surface area contributed by atoms with Gasteiger partial charge in [-0.3, -0.25) is 19.5 Å². The first kappa shape index (κ1) is 21.2. The van der Waals surface area contributed by atoms with Crippen LogP contribution in [0.1, 0.15) is 6.92 Å². The average Bonchev–Trinajstić information content (AvgIpc) is 2.73. The van der Waals surface area contributed by atoms with Crippen LogP contribution in [-0.4, -0.2) is 41.0 Å². The third-order valence-electron chi connectivity index (χ3n) is 4.27. The number of aromatic nitrogens is 2. The average molecular weight is 428 g/mol. The highest BCUT2D eigenvalue weighted by atomic mass is 32.2. The van der Waals surface area contributed by atoms with Gasteiger partial charge < -0.3 is 15.2 Å². The Balaban J connectivity index is 2.18. The van der Waals surface area contributed by atoms with Gasteiger partial charge in [0.15, 0.2) is 16.7 Å². The number of hydrogen-bond acceptors (Lipinski definition) is 7. The summed E-state index contributed by atoms with van der Waals surface area (Å²) in [5, 5.41) is 1.99. The van der Waals surface area contributed by atoms with Crippen LogP contribution < -0.4 is 26.1 Å². The summed E-state index contributed by atoms with van der Waals surface area (Å²) in [6.45, 7) is 1.59. The molecule has 0 radical (unpaired) electrons. The van der Waals surface area contributed by atoms with E-state index in [2.05, 4.69) is 4.98 Å². The van der Waals surface area contributed by atoms with Gasteiger partial charge in [-0.15, -0.1) is 0 Å². The maximum Gasteiger partial charge on any atom is 0.318 e. The van der Waals surface area contributed by atoms with Gasteiger partial charge in [0.1, 0.15) is 0 Å². The van der Waals surface area contributed by atoms with Crippen LogP contribution in [0.25, 0.3) is 16.6 Å². The van der Waals surface area contributed by atoms with E-state index in [-0.39, 0.29) is 10.7 Å². The number of hydrogen-bond donors (Lipinski definition) is 2. The van der Waals surface area contributed by atoms with Crippen molar-refractivity contribution in [3.8, 4) is 17.2 Å². The van der Waals surface area contributed by atoms with E-state index < -0.39 is 17.2 Å². The zero-order valence-electron chi connectivity index (χ0n) is 16.5. The quantitative estimate of drug-likeness (QED) is 0.455. The van der Waals surface area contributed by atoms with Gasteiger partial charge in [0.05, 0.1) is 36.1 Å². The number of primary amides is 1. The molecule has 0 bridgehead atoms. The highest BCUT2D eigenvalue weighted by Gasteiger charge is 2.21. The third kappa shape index (κ3) is 4.23. The van der Waals surface area contributed by atoms with Crippen molar-refractivity contribution in [3.63, 3.8) is 0 Å². The number of imide groups is 1. The molecule has 0 unspecified atom stereocenters. The number of urea groups is 1. The van der Waals surface area contributed by atoms with Crippen molar-refractivity contribution in [1.29, 1.82) is 0 Å². The van der Waals surface area contributed by atoms with E-state index in [1.807, 2.05) is 5.32 Å². The van der Waals surface area contributed by atoms with Crippen LogP contribution in [0, 0.1) is 0 Å². The van der Waals surface area contributed by atoms with Crippen molar-refractivity contribution in [2.75, 3.05) is 14.2 Å². The molecule has 30 heavy (non-hydrogen) atoms. The topological polar surface area (TPSA) is 126 Å². The number of carbonyl (C=O) groups is 2. The molecule has 0 fully saturated rings. The molecular weight excluding hydrogens is 408 g/mol. The Hall–Kier alpha value is -3.53. The molecule has 0 spiro atoms. The predicted octanol–water partition coefficient (Wildman–Crippen LogP) is 2.08. The summed E-state index contributed by atoms with van der Waals surface area (Å²) in [7, 11) is 3.01. The second kappa shape index (κ2) is 8.87. The monoisotopic (exact) mass is 428 g/mol. The lowest BCUT2D eigenvalue weighted by atomic mass is 10.2. The Labute approximate surface area is 176 Å². The Bertz CT molecular complexity index is 1180. The number of nitrogens with two attached hydrogens (primary N) is 1. The minimum Gasteiger partial charge on any atom is -0.493 e. The normalized spacial score (nSPS) is 11.7. The molecule has 0 aliphatic rings. The number of nitrogens with one attached hydrogen (secondary N) is 1. The number of ether oxygens (including phenoxy) is 2. The van der Waals surface area contributed by atoms with E-state index in [1.54, 1.807) is 49.4 Å². The molecule has 1 atom stereocenters. The number of fused-ring (bicyclic) bond motifs is 1. The molecule has 0 aliphatic heterocycles. The van der Waals surface area contributed by atoms with Crippen LogP contribution in [0.15, 0.2) is 52.4 Å². The van der Waals surface area contributed by atoms with E-state index in [1.165, 1.54) is 18.8 Å². The number of benzene rings is 2. The zero-order chi connectivity index (χ0) is 21.8. The molecule has 0 aliphatic carbocycles. The molecule has 10 heteroatoms. The van der Waals surface area contributed by atoms with Gasteiger partial charge in [0, 0.05) is 6.07 Å². The lowest BCUT2D eigenvalue weighted by Gasteiger charge is -2.17. The number of rotatable bonds is 6. The summed E-state index contributed by atoms with van der Waals surface area (Å²) in [4.78, 5) is 41.0. The van der Waals surface area contributed by atoms with E-state index in [4.69, 9.17) is 15.2 Å². The highest BCUT2D eigenvalue weighted by Crippen LogP contribution is 2.31. The van der Waals surface area contributed by atoms with Crippen LogP contribution in [-0.2, 0) is 4.79 Å². The van der Waals surface area contributed by atoms with Crippen LogP contribution in [0.2, 0.25) is 0 Å². The summed E-state index contributed by atoms with van der Waals surface area (Å²) in [6.07, 6.45) is 0. The summed E-state index contributed by atoms with van der Waals surface area (Å²) in [5.41, 5.74) is 5.70. The van der Waals surface area contributed by atoms with E-state index >= 15 is 0 Å². The van der Waals surface area contributed by atoms with E-state index in [0.717, 1.165) is 11.8 Å². The second-order valence-electron chi connectivity index (χ2n) is 6.20. The van der Waals surface area contributed by atoms with Gasteiger partial charge in [-0.1, -0.05) is 23.9 Å². The Kier molecular flexibility index (Phi) is 6.26. The van der Waals surface area contributed by atoms with Crippen molar-refractivity contribution >= 4 is 34.6 Å². The lowest BCUT2D eigenvalue weighted by Crippen LogP contribution is -2.39. The molecule has 0 saturated carbocycles. The van der Waals surface area contributed by atoms with Crippen molar-refractivity contribution < 1.29 is 19.1 Å². The second-order valence-corrected chi connectivity index (χ2v) is 7.51. The van der Waals surface area contributed by atoms with Gasteiger partial charge in [-0.2, -0.15) is 0 Å². The van der Waals surface area contributed by atoms with Crippen LogP contribution in [0.4, 0.5) is 4.79 Å². The van der Waals surface area contributed by atoms with Crippen molar-refractivity contribution in [2.45, 2.75) is 17.3 Å². The first-order valence-corrected chi connectivity index (χ1v) is 9.74. The fourth-order valence-corrected chi connectivity index (χ4v) is 3.74. The van der Waals surface area contributed by atoms with Gasteiger partial charge in [0.25, 0.3) is 5.56 Å². The first-order chi connectivity index (χ1) is 14.3. The Morgan fingerprint density at radius 3 is 2.50 bits per heavy atom.